The first-order valence-electron chi connectivity index (χ1n) is 3.92. The number of fused-ring (bicyclic) bond motifs is 1. The molecular weight excluding hydrogens is 162 g/mol. The van der Waals surface area contributed by atoms with Crippen molar-refractivity contribution in [1.82, 2.24) is 9.38 Å². The summed E-state index contributed by atoms with van der Waals surface area (Å²) in [6.07, 6.45) is 8.83. The van der Waals surface area contributed by atoms with Crippen molar-refractivity contribution in [3.63, 3.8) is 0 Å². The van der Waals surface area contributed by atoms with Crippen LogP contribution in [0.4, 0.5) is 0 Å². The van der Waals surface area contributed by atoms with Gasteiger partial charge in [0, 0.05) is 17.5 Å². The van der Waals surface area contributed by atoms with E-state index < -0.39 is 0 Å². The van der Waals surface area contributed by atoms with Crippen molar-refractivity contribution in [2.45, 2.75) is 6.54 Å². The summed E-state index contributed by atoms with van der Waals surface area (Å²) in [4.78, 5) is 4.10. The van der Waals surface area contributed by atoms with Gasteiger partial charge >= 0.3 is 0 Å². The van der Waals surface area contributed by atoms with Crippen molar-refractivity contribution in [2.75, 3.05) is 0 Å². The summed E-state index contributed by atoms with van der Waals surface area (Å²) in [7, 11) is 0. The zero-order valence-electron chi connectivity index (χ0n) is 6.99. The van der Waals surface area contributed by atoms with Gasteiger partial charge in [-0.25, -0.2) is 4.98 Å². The maximum absolute atomic E-state index is 7.24. The predicted octanol–water partition coefficient (Wildman–Crippen LogP) is 1.87. The van der Waals surface area contributed by atoms with Gasteiger partial charge in [-0.2, -0.15) is 0 Å². The summed E-state index contributed by atoms with van der Waals surface area (Å²) in [5.41, 5.74) is 9.75. The van der Waals surface area contributed by atoms with Crippen LogP contribution in [0.2, 0.25) is 0 Å². The van der Waals surface area contributed by atoms with Crippen LogP contribution in [0, 0.1) is 12.3 Å². The summed E-state index contributed by atoms with van der Waals surface area (Å²) in [5.74, 6) is 2.56. The Labute approximate surface area is 76.2 Å². The zero-order chi connectivity index (χ0) is 9.26. The van der Waals surface area contributed by atoms with Crippen molar-refractivity contribution in [3.05, 3.63) is 41.6 Å². The van der Waals surface area contributed by atoms with Crippen LogP contribution in [-0.4, -0.2) is 9.38 Å². The van der Waals surface area contributed by atoms with E-state index in [1.165, 1.54) is 0 Å². The standard InChI is InChI=1S/C10H8N3/c1-2-8-3-4-13-7-12-9(6-11)10(13)5-8/h1,3-5,7,11H,6H2/q-1. The monoisotopic (exact) mass is 170 g/mol. The SMILES string of the molecule is C#Cc1ccn2cnc(C[NH-])c2c1. The fraction of sp³-hybridized carbons (Fsp3) is 0.100. The molecule has 1 N–H and O–H groups in total. The average molecular weight is 170 g/mol. The van der Waals surface area contributed by atoms with E-state index in [9.17, 15) is 0 Å². The van der Waals surface area contributed by atoms with E-state index in [1.54, 1.807) is 6.33 Å². The molecule has 0 saturated heterocycles. The number of pyridine rings is 1. The lowest BCUT2D eigenvalue weighted by molar-refractivity contribution is 1.14. The Balaban J connectivity index is 2.73. The molecule has 0 saturated carbocycles. The normalized spacial score (nSPS) is 10.2. The van der Waals surface area contributed by atoms with E-state index in [0.29, 0.717) is 0 Å². The molecule has 2 aromatic heterocycles. The van der Waals surface area contributed by atoms with Gasteiger partial charge in [-0.1, -0.05) is 5.92 Å². The fourth-order valence-corrected chi connectivity index (χ4v) is 1.27. The third-order valence-corrected chi connectivity index (χ3v) is 1.95. The van der Waals surface area contributed by atoms with Crippen LogP contribution < -0.4 is 0 Å². The Hall–Kier alpha value is -1.79. The smallest absolute Gasteiger partial charge is 0.0994 e. The molecule has 2 rings (SSSR count). The molecule has 0 amide bonds. The van der Waals surface area contributed by atoms with Gasteiger partial charge in [0.2, 0.25) is 0 Å². The van der Waals surface area contributed by atoms with Crippen molar-refractivity contribution in [1.29, 1.82) is 0 Å². The summed E-state index contributed by atoms with van der Waals surface area (Å²) < 4.78 is 1.87. The van der Waals surface area contributed by atoms with Gasteiger partial charge in [0.15, 0.2) is 0 Å². The summed E-state index contributed by atoms with van der Waals surface area (Å²) in [6.45, 7) is 0.185. The van der Waals surface area contributed by atoms with Crippen LogP contribution in [0.3, 0.4) is 0 Å². The third kappa shape index (κ3) is 1.17. The highest BCUT2D eigenvalue weighted by molar-refractivity contribution is 5.56. The minimum Gasteiger partial charge on any atom is -0.672 e. The Bertz CT molecular complexity index is 476. The van der Waals surface area contributed by atoms with E-state index in [4.69, 9.17) is 12.2 Å². The van der Waals surface area contributed by atoms with Gasteiger partial charge in [0.05, 0.1) is 11.8 Å². The topological polar surface area (TPSA) is 41.1 Å². The van der Waals surface area contributed by atoms with Gasteiger partial charge in [-0.05, 0) is 12.1 Å². The van der Waals surface area contributed by atoms with Gasteiger partial charge in [0.1, 0.15) is 0 Å². The molecule has 3 heteroatoms. The second-order valence-corrected chi connectivity index (χ2v) is 2.72. The third-order valence-electron chi connectivity index (χ3n) is 1.95. The van der Waals surface area contributed by atoms with Crippen molar-refractivity contribution < 1.29 is 0 Å². The summed E-state index contributed by atoms with van der Waals surface area (Å²) in [6, 6.07) is 3.72. The largest absolute Gasteiger partial charge is 0.672 e. The lowest BCUT2D eigenvalue weighted by atomic mass is 10.2. The molecule has 0 unspecified atom stereocenters. The molecule has 0 aliphatic carbocycles. The first kappa shape index (κ1) is 7.84. The van der Waals surface area contributed by atoms with Crippen LogP contribution in [0.1, 0.15) is 11.3 Å². The summed E-state index contributed by atoms with van der Waals surface area (Å²) in [5, 5.41) is 0. The lowest BCUT2D eigenvalue weighted by Gasteiger charge is -1.99. The summed E-state index contributed by atoms with van der Waals surface area (Å²) >= 11 is 0. The highest BCUT2D eigenvalue weighted by Gasteiger charge is 1.99. The van der Waals surface area contributed by atoms with Gasteiger partial charge in [-0.15, -0.1) is 13.0 Å². The maximum Gasteiger partial charge on any atom is 0.0994 e. The molecule has 0 aliphatic rings. The number of rotatable bonds is 1. The van der Waals surface area contributed by atoms with Crippen LogP contribution in [0.25, 0.3) is 11.3 Å². The molecule has 0 spiro atoms. The maximum atomic E-state index is 7.24. The Kier molecular flexibility index (Phi) is 1.76. The van der Waals surface area contributed by atoms with E-state index in [-0.39, 0.29) is 6.54 Å². The molecule has 0 atom stereocenters. The second-order valence-electron chi connectivity index (χ2n) is 2.72. The molecular formula is C10H8N3-. The first-order valence-corrected chi connectivity index (χ1v) is 3.92. The van der Waals surface area contributed by atoms with Gasteiger partial charge in [0.25, 0.3) is 0 Å². The molecule has 64 valence electrons. The number of nitrogens with zero attached hydrogens (tertiary/aromatic N) is 2. The van der Waals surface area contributed by atoms with Gasteiger partial charge in [-0.3, -0.25) is 0 Å². The fourth-order valence-electron chi connectivity index (χ4n) is 1.27. The number of imidazole rings is 1. The highest BCUT2D eigenvalue weighted by atomic mass is 15.0. The molecule has 0 aliphatic heterocycles. The molecule has 0 bridgehead atoms. The predicted molar refractivity (Wildman–Crippen MR) is 51.2 cm³/mol. The van der Waals surface area contributed by atoms with Crippen molar-refractivity contribution in [3.8, 4) is 12.3 Å². The van der Waals surface area contributed by atoms with E-state index in [1.807, 2.05) is 22.7 Å². The molecule has 0 aromatic carbocycles. The molecule has 0 radical (unpaired) electrons. The Morgan fingerprint density at radius 2 is 2.46 bits per heavy atom. The van der Waals surface area contributed by atoms with Crippen LogP contribution >= 0.6 is 0 Å². The van der Waals surface area contributed by atoms with Gasteiger partial charge < -0.3 is 10.1 Å². The number of hydrogen-bond acceptors (Lipinski definition) is 1. The number of aromatic nitrogens is 2. The number of terminal acetylenes is 1. The molecule has 0 fully saturated rings. The van der Waals surface area contributed by atoms with Crippen molar-refractivity contribution >= 4 is 5.52 Å². The van der Waals surface area contributed by atoms with Crippen LogP contribution in [0.5, 0.6) is 0 Å². The number of nitrogens with one attached hydrogen (secondary N) is 1. The molecule has 13 heavy (non-hydrogen) atoms. The molecule has 2 heterocycles. The van der Waals surface area contributed by atoms with Crippen LogP contribution in [0.15, 0.2) is 24.7 Å². The molecule has 3 nitrogen and oxygen atoms in total. The highest BCUT2D eigenvalue weighted by Crippen LogP contribution is 2.11. The lowest BCUT2D eigenvalue weighted by Crippen LogP contribution is -1.85. The Morgan fingerprint density at radius 1 is 1.62 bits per heavy atom. The van der Waals surface area contributed by atoms with Crippen LogP contribution in [-0.2, 0) is 6.54 Å². The molecule has 2 aromatic rings. The second kappa shape index (κ2) is 2.92. The minimum absolute atomic E-state index is 0.185. The Morgan fingerprint density at radius 3 is 3.15 bits per heavy atom. The minimum atomic E-state index is 0.185. The van der Waals surface area contributed by atoms with E-state index in [2.05, 4.69) is 10.9 Å². The average Bonchev–Trinajstić information content (AvgIpc) is 2.59. The number of hydrogen-bond donors (Lipinski definition) is 0. The zero-order valence-corrected chi connectivity index (χ0v) is 6.99. The first-order chi connectivity index (χ1) is 6.35. The quantitative estimate of drug-likeness (QED) is 0.602. The van der Waals surface area contributed by atoms with E-state index in [0.717, 1.165) is 16.8 Å². The van der Waals surface area contributed by atoms with Crippen molar-refractivity contribution in [2.24, 2.45) is 0 Å². The van der Waals surface area contributed by atoms with E-state index >= 15 is 0 Å².